The van der Waals surface area contributed by atoms with Gasteiger partial charge in [0, 0.05) is 17.7 Å². The third kappa shape index (κ3) is 4.04. The summed E-state index contributed by atoms with van der Waals surface area (Å²) in [4.78, 5) is 40.7. The van der Waals surface area contributed by atoms with Crippen molar-refractivity contribution in [3.05, 3.63) is 59.2 Å². The number of esters is 2. The standard InChI is InChI=1S/C24H29NO5/c1-6-29-24(28)18-12-17-13-19(22(26)25(14(2)3)15(4)5)21(30-23(17)27)20(18)16-10-8-7-9-11-16/h7-15,17,20-21H,6H2,1-5H3/t17-,20+,21-/m0/s1. The van der Waals surface area contributed by atoms with Gasteiger partial charge < -0.3 is 14.4 Å². The van der Waals surface area contributed by atoms with Crippen molar-refractivity contribution in [2.45, 2.75) is 58.7 Å². The van der Waals surface area contributed by atoms with Crippen LogP contribution in [0.15, 0.2) is 53.6 Å². The minimum absolute atomic E-state index is 0.0245. The average molecular weight is 411 g/mol. The lowest BCUT2D eigenvalue weighted by Gasteiger charge is -2.36. The Hall–Kier alpha value is -2.89. The summed E-state index contributed by atoms with van der Waals surface area (Å²) >= 11 is 0. The number of hydrogen-bond donors (Lipinski definition) is 0. The number of hydrogen-bond acceptors (Lipinski definition) is 5. The van der Waals surface area contributed by atoms with Gasteiger partial charge in [0.05, 0.1) is 24.0 Å². The molecule has 3 atom stereocenters. The maximum Gasteiger partial charge on any atom is 0.334 e. The zero-order chi connectivity index (χ0) is 22.0. The van der Waals surface area contributed by atoms with Crippen LogP contribution in [-0.4, -0.2) is 47.5 Å². The second-order valence-electron chi connectivity index (χ2n) is 8.14. The van der Waals surface area contributed by atoms with Crippen LogP contribution >= 0.6 is 0 Å². The van der Waals surface area contributed by atoms with Gasteiger partial charge in [-0.2, -0.15) is 0 Å². The van der Waals surface area contributed by atoms with E-state index in [4.69, 9.17) is 9.47 Å². The number of rotatable bonds is 6. The van der Waals surface area contributed by atoms with Gasteiger partial charge in [-0.25, -0.2) is 4.79 Å². The van der Waals surface area contributed by atoms with E-state index < -0.39 is 29.9 Å². The Bertz CT molecular complexity index is 876. The highest BCUT2D eigenvalue weighted by molar-refractivity contribution is 6.01. The molecule has 0 fully saturated rings. The minimum Gasteiger partial charge on any atom is -0.463 e. The number of nitrogens with zero attached hydrogens (tertiary/aromatic N) is 1. The first-order valence-corrected chi connectivity index (χ1v) is 10.4. The third-order valence-corrected chi connectivity index (χ3v) is 5.44. The molecule has 4 rings (SSSR count). The van der Waals surface area contributed by atoms with Gasteiger partial charge in [-0.3, -0.25) is 9.59 Å². The number of amides is 1. The van der Waals surface area contributed by atoms with Crippen molar-refractivity contribution in [3.8, 4) is 0 Å². The highest BCUT2D eigenvalue weighted by Crippen LogP contribution is 2.42. The van der Waals surface area contributed by atoms with Crippen LogP contribution in [0.2, 0.25) is 0 Å². The maximum atomic E-state index is 13.5. The summed E-state index contributed by atoms with van der Waals surface area (Å²) in [5.74, 6) is -2.54. The predicted molar refractivity (Wildman–Crippen MR) is 112 cm³/mol. The number of carbonyl (C=O) groups excluding carboxylic acids is 3. The first kappa shape index (κ1) is 21.8. The van der Waals surface area contributed by atoms with Gasteiger partial charge in [-0.15, -0.1) is 0 Å². The number of benzene rings is 1. The van der Waals surface area contributed by atoms with Gasteiger partial charge in [0.15, 0.2) is 0 Å². The fourth-order valence-corrected chi connectivity index (χ4v) is 4.28. The largest absolute Gasteiger partial charge is 0.463 e. The molecule has 3 aliphatic rings. The molecule has 1 aromatic carbocycles. The molecule has 2 heterocycles. The van der Waals surface area contributed by atoms with Gasteiger partial charge >= 0.3 is 11.9 Å². The van der Waals surface area contributed by atoms with Crippen LogP contribution in [0.4, 0.5) is 0 Å². The van der Waals surface area contributed by atoms with Gasteiger partial charge in [-0.1, -0.05) is 42.5 Å². The molecule has 0 aromatic heterocycles. The maximum absolute atomic E-state index is 13.5. The number of ether oxygens (including phenoxy) is 2. The molecule has 0 spiro atoms. The lowest BCUT2D eigenvalue weighted by Crippen LogP contribution is -2.47. The van der Waals surface area contributed by atoms with E-state index in [0.29, 0.717) is 11.1 Å². The Kier molecular flexibility index (Phi) is 6.44. The van der Waals surface area contributed by atoms with Crippen LogP contribution in [0.5, 0.6) is 0 Å². The first-order chi connectivity index (χ1) is 14.3. The van der Waals surface area contributed by atoms with E-state index in [1.165, 1.54) is 0 Å². The lowest BCUT2D eigenvalue weighted by atomic mass is 9.83. The molecule has 0 unspecified atom stereocenters. The number of fused-ring (bicyclic) bond motifs is 2. The summed E-state index contributed by atoms with van der Waals surface area (Å²) in [5, 5.41) is 0. The number of carbonyl (C=O) groups is 3. The van der Waals surface area contributed by atoms with Crippen LogP contribution in [0, 0.1) is 5.92 Å². The monoisotopic (exact) mass is 411 g/mol. The van der Waals surface area contributed by atoms with E-state index in [0.717, 1.165) is 5.56 Å². The van der Waals surface area contributed by atoms with Gasteiger partial charge in [0.25, 0.3) is 5.91 Å². The molecule has 0 N–H and O–H groups in total. The van der Waals surface area contributed by atoms with E-state index in [1.807, 2.05) is 58.0 Å². The summed E-state index contributed by atoms with van der Waals surface area (Å²) in [7, 11) is 0. The molecule has 1 aliphatic carbocycles. The van der Waals surface area contributed by atoms with E-state index in [-0.39, 0.29) is 24.6 Å². The van der Waals surface area contributed by atoms with Gasteiger partial charge in [0.2, 0.25) is 0 Å². The zero-order valence-corrected chi connectivity index (χ0v) is 18.1. The Morgan fingerprint density at radius 3 is 2.20 bits per heavy atom. The summed E-state index contributed by atoms with van der Waals surface area (Å²) in [6, 6.07) is 9.28. The van der Waals surface area contributed by atoms with Crippen molar-refractivity contribution in [1.82, 2.24) is 4.90 Å². The van der Waals surface area contributed by atoms with Gasteiger partial charge in [0.1, 0.15) is 6.10 Å². The molecule has 6 heteroatoms. The summed E-state index contributed by atoms with van der Waals surface area (Å²) < 4.78 is 11.0. The fourth-order valence-electron chi connectivity index (χ4n) is 4.28. The molecule has 30 heavy (non-hydrogen) atoms. The smallest absolute Gasteiger partial charge is 0.334 e. The average Bonchev–Trinajstić information content (AvgIpc) is 2.94. The Morgan fingerprint density at radius 1 is 1.03 bits per heavy atom. The highest BCUT2D eigenvalue weighted by Gasteiger charge is 2.47. The van der Waals surface area contributed by atoms with Crippen molar-refractivity contribution in [1.29, 1.82) is 0 Å². The van der Waals surface area contributed by atoms with Crippen LogP contribution in [0.1, 0.15) is 46.1 Å². The van der Waals surface area contributed by atoms with E-state index in [2.05, 4.69) is 0 Å². The molecule has 0 saturated carbocycles. The van der Waals surface area contributed by atoms with Crippen LogP contribution < -0.4 is 0 Å². The van der Waals surface area contributed by atoms with Crippen molar-refractivity contribution in [2.24, 2.45) is 5.92 Å². The molecular weight excluding hydrogens is 382 g/mol. The summed E-state index contributed by atoms with van der Waals surface area (Å²) in [6.07, 6.45) is 2.35. The van der Waals surface area contributed by atoms with Crippen molar-refractivity contribution in [3.63, 3.8) is 0 Å². The van der Waals surface area contributed by atoms with Crippen molar-refractivity contribution in [2.75, 3.05) is 6.61 Å². The molecule has 2 bridgehead atoms. The summed E-state index contributed by atoms with van der Waals surface area (Å²) in [6.45, 7) is 9.77. The molecule has 160 valence electrons. The van der Waals surface area contributed by atoms with Crippen molar-refractivity contribution < 1.29 is 23.9 Å². The van der Waals surface area contributed by atoms with Crippen LogP contribution in [0.25, 0.3) is 0 Å². The van der Waals surface area contributed by atoms with Gasteiger partial charge in [-0.05, 0) is 40.2 Å². The molecular formula is C24H29NO5. The normalized spacial score (nSPS) is 22.9. The van der Waals surface area contributed by atoms with E-state index in [1.54, 1.807) is 24.0 Å². The topological polar surface area (TPSA) is 72.9 Å². The van der Waals surface area contributed by atoms with E-state index >= 15 is 0 Å². The molecule has 1 aromatic rings. The molecule has 2 aliphatic heterocycles. The molecule has 1 amide bonds. The Labute approximate surface area is 177 Å². The SMILES string of the molecule is CCOC(=O)C1=C[C@H]2C=C(C(=O)N(C(C)C)C(C)C)[C@H](OC2=O)[C@@H]1c1ccccc1. The quantitative estimate of drug-likeness (QED) is 0.671. The third-order valence-electron chi connectivity index (χ3n) is 5.44. The van der Waals surface area contributed by atoms with Crippen molar-refractivity contribution >= 4 is 17.8 Å². The Balaban J connectivity index is 2.13. The fraction of sp³-hybridized carbons (Fsp3) is 0.458. The lowest BCUT2D eigenvalue weighted by molar-refractivity contribution is -0.152. The summed E-state index contributed by atoms with van der Waals surface area (Å²) in [5.41, 5.74) is 1.55. The van der Waals surface area contributed by atoms with E-state index in [9.17, 15) is 14.4 Å². The second-order valence-corrected chi connectivity index (χ2v) is 8.14. The molecule has 6 nitrogen and oxygen atoms in total. The zero-order valence-electron chi connectivity index (χ0n) is 18.1. The molecule has 0 saturated heterocycles. The minimum atomic E-state index is -0.887. The predicted octanol–water partition coefficient (Wildman–Crippen LogP) is 3.39. The first-order valence-electron chi connectivity index (χ1n) is 10.4. The highest BCUT2D eigenvalue weighted by atomic mass is 16.5. The second kappa shape index (κ2) is 8.86. The van der Waals surface area contributed by atoms with Crippen LogP contribution in [0.3, 0.4) is 0 Å². The molecule has 0 radical (unpaired) electrons. The van der Waals surface area contributed by atoms with Crippen LogP contribution in [-0.2, 0) is 23.9 Å². The Morgan fingerprint density at radius 2 is 1.63 bits per heavy atom.